The van der Waals surface area contributed by atoms with Gasteiger partial charge in [0.05, 0.1) is 5.56 Å². The molecule has 0 fully saturated rings. The van der Waals surface area contributed by atoms with E-state index < -0.39 is 23.8 Å². The normalized spacial score (nSPS) is 13.1. The highest BCUT2D eigenvalue weighted by molar-refractivity contribution is 5.92. The third-order valence-electron chi connectivity index (χ3n) is 5.75. The van der Waals surface area contributed by atoms with Crippen LogP contribution in [0.2, 0.25) is 0 Å². The van der Waals surface area contributed by atoms with Crippen molar-refractivity contribution in [2.24, 2.45) is 11.7 Å². The van der Waals surface area contributed by atoms with Crippen LogP contribution in [0.1, 0.15) is 67.8 Å². The average Bonchev–Trinajstić information content (AvgIpc) is 2.76. The van der Waals surface area contributed by atoms with Crippen molar-refractivity contribution >= 4 is 5.91 Å². The Morgan fingerprint density at radius 2 is 1.47 bits per heavy atom. The zero-order valence-electron chi connectivity index (χ0n) is 20.0. The van der Waals surface area contributed by atoms with Crippen LogP contribution >= 0.6 is 0 Å². The van der Waals surface area contributed by atoms with Gasteiger partial charge in [0.1, 0.15) is 11.9 Å². The van der Waals surface area contributed by atoms with Crippen LogP contribution in [0.15, 0.2) is 66.7 Å². The number of nitrogens with two attached hydrogens (primary N) is 1. The number of amides is 1. The van der Waals surface area contributed by atoms with Crippen LogP contribution in [-0.4, -0.2) is 5.91 Å². The summed E-state index contributed by atoms with van der Waals surface area (Å²) < 4.78 is 48.1. The van der Waals surface area contributed by atoms with E-state index in [0.717, 1.165) is 17.2 Å². The summed E-state index contributed by atoms with van der Waals surface area (Å²) >= 11 is 0. The van der Waals surface area contributed by atoms with Gasteiger partial charge >= 0.3 is 6.18 Å². The van der Waals surface area contributed by atoms with Crippen LogP contribution in [0.5, 0.6) is 5.75 Å². The molecule has 0 aromatic heterocycles. The Morgan fingerprint density at radius 3 is 1.94 bits per heavy atom. The lowest BCUT2D eigenvalue weighted by Crippen LogP contribution is -2.16. The minimum atomic E-state index is -4.55. The summed E-state index contributed by atoms with van der Waals surface area (Å²) in [6, 6.07) is 17.8. The monoisotopic (exact) mass is 469 g/mol. The van der Waals surface area contributed by atoms with Gasteiger partial charge in [-0.15, -0.1) is 0 Å². The molecule has 3 aromatic rings. The maximum absolute atomic E-state index is 14.0. The lowest BCUT2D eigenvalue weighted by Gasteiger charge is -2.24. The number of primary amides is 1. The SMILES string of the molecule is CC(C)C(Oc1ccc(-c2ccc(C(C)(C)C)cc2)c(C(F)(F)F)c1)c1ccc(C(N)=O)cc1. The van der Waals surface area contributed by atoms with Crippen molar-refractivity contribution in [3.63, 3.8) is 0 Å². The Hall–Kier alpha value is -3.28. The molecule has 0 bridgehead atoms. The smallest absolute Gasteiger partial charge is 0.417 e. The molecule has 1 atom stereocenters. The number of hydrogen-bond acceptors (Lipinski definition) is 2. The van der Waals surface area contributed by atoms with E-state index in [1.165, 1.54) is 6.07 Å². The second kappa shape index (κ2) is 9.53. The van der Waals surface area contributed by atoms with E-state index in [4.69, 9.17) is 10.5 Å². The molecule has 1 amide bonds. The molecule has 0 heterocycles. The van der Waals surface area contributed by atoms with Crippen molar-refractivity contribution in [1.82, 2.24) is 0 Å². The van der Waals surface area contributed by atoms with Crippen LogP contribution in [0, 0.1) is 5.92 Å². The summed E-state index contributed by atoms with van der Waals surface area (Å²) in [5, 5.41) is 0. The summed E-state index contributed by atoms with van der Waals surface area (Å²) in [7, 11) is 0. The predicted octanol–water partition coefficient (Wildman–Crippen LogP) is 7.54. The number of alkyl halides is 3. The molecule has 3 nitrogen and oxygen atoms in total. The Bertz CT molecular complexity index is 1140. The predicted molar refractivity (Wildman–Crippen MR) is 129 cm³/mol. The fourth-order valence-corrected chi connectivity index (χ4v) is 3.81. The lowest BCUT2D eigenvalue weighted by atomic mass is 9.86. The fourth-order valence-electron chi connectivity index (χ4n) is 3.81. The molecule has 0 saturated carbocycles. The number of rotatable bonds is 6. The van der Waals surface area contributed by atoms with E-state index in [1.54, 1.807) is 42.5 Å². The van der Waals surface area contributed by atoms with Crippen LogP contribution in [0.4, 0.5) is 13.2 Å². The van der Waals surface area contributed by atoms with E-state index in [-0.39, 0.29) is 22.6 Å². The Kier molecular flexibility index (Phi) is 7.10. The first-order chi connectivity index (χ1) is 15.8. The van der Waals surface area contributed by atoms with Crippen molar-refractivity contribution < 1.29 is 22.7 Å². The van der Waals surface area contributed by atoms with Crippen molar-refractivity contribution in [1.29, 1.82) is 0 Å². The highest BCUT2D eigenvalue weighted by Crippen LogP contribution is 2.41. The Labute approximate surface area is 198 Å². The molecule has 6 heteroatoms. The molecule has 0 aliphatic heterocycles. The summed E-state index contributed by atoms with van der Waals surface area (Å²) in [6.07, 6.45) is -5.05. The molecule has 0 radical (unpaired) electrons. The molecule has 3 aromatic carbocycles. The molecule has 3 rings (SSSR count). The summed E-state index contributed by atoms with van der Waals surface area (Å²) in [6.45, 7) is 10.0. The molecule has 2 N–H and O–H groups in total. The molecule has 0 spiro atoms. The van der Waals surface area contributed by atoms with Gasteiger partial charge in [0, 0.05) is 5.56 Å². The first kappa shape index (κ1) is 25.3. The number of carbonyl (C=O) groups excluding carboxylic acids is 1. The second-order valence-corrected chi connectivity index (χ2v) is 9.80. The Morgan fingerprint density at radius 1 is 0.882 bits per heavy atom. The van der Waals surface area contributed by atoms with Crippen LogP contribution in [-0.2, 0) is 11.6 Å². The minimum absolute atomic E-state index is 0.0293. The molecule has 0 aliphatic carbocycles. The molecule has 1 unspecified atom stereocenters. The minimum Gasteiger partial charge on any atom is -0.485 e. The largest absolute Gasteiger partial charge is 0.485 e. The van der Waals surface area contributed by atoms with E-state index in [0.29, 0.717) is 11.1 Å². The average molecular weight is 470 g/mol. The van der Waals surface area contributed by atoms with Gasteiger partial charge in [-0.25, -0.2) is 0 Å². The van der Waals surface area contributed by atoms with E-state index in [1.807, 2.05) is 26.0 Å². The van der Waals surface area contributed by atoms with Gasteiger partial charge in [-0.3, -0.25) is 4.79 Å². The van der Waals surface area contributed by atoms with Crippen LogP contribution in [0.25, 0.3) is 11.1 Å². The van der Waals surface area contributed by atoms with Gasteiger partial charge in [0.2, 0.25) is 5.91 Å². The van der Waals surface area contributed by atoms with Gasteiger partial charge in [-0.2, -0.15) is 13.2 Å². The number of ether oxygens (including phenoxy) is 1. The lowest BCUT2D eigenvalue weighted by molar-refractivity contribution is -0.137. The van der Waals surface area contributed by atoms with Gasteiger partial charge in [-0.05, 0) is 57.9 Å². The van der Waals surface area contributed by atoms with Crippen LogP contribution < -0.4 is 10.5 Å². The molecule has 180 valence electrons. The number of halogens is 3. The molecule has 34 heavy (non-hydrogen) atoms. The first-order valence-electron chi connectivity index (χ1n) is 11.2. The zero-order chi connectivity index (χ0) is 25.3. The summed E-state index contributed by atoms with van der Waals surface area (Å²) in [5.74, 6) is -0.451. The molecular formula is C28H30F3NO2. The van der Waals surface area contributed by atoms with Crippen LogP contribution in [0.3, 0.4) is 0 Å². The maximum Gasteiger partial charge on any atom is 0.417 e. The van der Waals surface area contributed by atoms with Gasteiger partial charge in [0.25, 0.3) is 0 Å². The standard InChI is InChI=1S/C28H30F3NO2/c1-17(2)25(19-6-8-20(9-7-19)26(32)33)34-22-14-15-23(24(16-22)28(29,30)31)18-10-12-21(13-11-18)27(3,4)5/h6-17,25H,1-5H3,(H2,32,33). The van der Waals surface area contributed by atoms with E-state index in [2.05, 4.69) is 20.8 Å². The number of hydrogen-bond donors (Lipinski definition) is 1. The van der Waals surface area contributed by atoms with Crippen molar-refractivity contribution in [3.8, 4) is 16.9 Å². The highest BCUT2D eigenvalue weighted by atomic mass is 19.4. The first-order valence-corrected chi connectivity index (χ1v) is 11.2. The van der Waals surface area contributed by atoms with Gasteiger partial charge in [-0.1, -0.05) is 77.1 Å². The van der Waals surface area contributed by atoms with Gasteiger partial charge in [0.15, 0.2) is 0 Å². The second-order valence-electron chi connectivity index (χ2n) is 9.80. The van der Waals surface area contributed by atoms with E-state index in [9.17, 15) is 18.0 Å². The van der Waals surface area contributed by atoms with Crippen molar-refractivity contribution in [2.75, 3.05) is 0 Å². The third kappa shape index (κ3) is 5.79. The zero-order valence-corrected chi connectivity index (χ0v) is 20.0. The molecule has 0 aliphatic rings. The van der Waals surface area contributed by atoms with Crippen molar-refractivity contribution in [2.45, 2.75) is 52.3 Å². The van der Waals surface area contributed by atoms with Gasteiger partial charge < -0.3 is 10.5 Å². The number of benzene rings is 3. The molecular weight excluding hydrogens is 439 g/mol. The number of carbonyl (C=O) groups is 1. The maximum atomic E-state index is 14.0. The topological polar surface area (TPSA) is 52.3 Å². The third-order valence-corrected chi connectivity index (χ3v) is 5.75. The fraction of sp³-hybridized carbons (Fsp3) is 0.321. The summed E-state index contributed by atoms with van der Waals surface area (Å²) in [5.41, 5.74) is 7.20. The Balaban J connectivity index is 1.97. The molecule has 0 saturated heterocycles. The quantitative estimate of drug-likeness (QED) is 0.405. The highest BCUT2D eigenvalue weighted by Gasteiger charge is 2.34. The van der Waals surface area contributed by atoms with E-state index >= 15 is 0 Å². The summed E-state index contributed by atoms with van der Waals surface area (Å²) in [4.78, 5) is 11.3. The van der Waals surface area contributed by atoms with Crippen molar-refractivity contribution in [3.05, 3.63) is 89.0 Å².